The monoisotopic (exact) mass is 348 g/mol. The van der Waals surface area contributed by atoms with E-state index in [4.69, 9.17) is 5.73 Å². The SMILES string of the molecule is Cc1csc(C(C)NS(=O)(=O)c2cc([N+](=O)[O-])c(N)s2)n1. The van der Waals surface area contributed by atoms with Crippen LogP contribution in [0.25, 0.3) is 0 Å². The third kappa shape index (κ3) is 3.37. The molecule has 0 radical (unpaired) electrons. The fraction of sp³-hybridized carbons (Fsp3) is 0.300. The van der Waals surface area contributed by atoms with E-state index in [1.165, 1.54) is 11.3 Å². The lowest BCUT2D eigenvalue weighted by Crippen LogP contribution is -2.26. The number of thiophene rings is 1. The number of hydrogen-bond donors (Lipinski definition) is 2. The molecule has 0 aliphatic carbocycles. The maximum atomic E-state index is 12.2. The summed E-state index contributed by atoms with van der Waals surface area (Å²) in [5, 5.41) is 13.0. The van der Waals surface area contributed by atoms with E-state index in [1.54, 1.807) is 6.92 Å². The summed E-state index contributed by atoms with van der Waals surface area (Å²) in [6.45, 7) is 3.46. The number of hydrogen-bond acceptors (Lipinski definition) is 8. The first kappa shape index (κ1) is 15.8. The van der Waals surface area contributed by atoms with Gasteiger partial charge in [0.1, 0.15) is 9.22 Å². The van der Waals surface area contributed by atoms with Gasteiger partial charge in [0.2, 0.25) is 0 Å². The molecule has 0 bridgehead atoms. The number of thiazole rings is 1. The molecule has 0 amide bonds. The Hall–Kier alpha value is -1.56. The molecule has 0 aliphatic heterocycles. The van der Waals surface area contributed by atoms with Crippen molar-refractivity contribution in [1.82, 2.24) is 9.71 Å². The molecule has 8 nitrogen and oxygen atoms in total. The molecule has 1 unspecified atom stereocenters. The molecule has 3 N–H and O–H groups in total. The van der Waals surface area contributed by atoms with Crippen LogP contribution in [0, 0.1) is 17.0 Å². The molecule has 114 valence electrons. The summed E-state index contributed by atoms with van der Waals surface area (Å²) < 4.78 is 26.7. The van der Waals surface area contributed by atoms with E-state index in [-0.39, 0.29) is 9.21 Å². The maximum absolute atomic E-state index is 12.2. The van der Waals surface area contributed by atoms with Crippen molar-refractivity contribution in [3.63, 3.8) is 0 Å². The Labute approximate surface area is 128 Å². The zero-order chi connectivity index (χ0) is 15.8. The van der Waals surface area contributed by atoms with E-state index >= 15 is 0 Å². The molecule has 2 heterocycles. The van der Waals surface area contributed by atoms with Crippen molar-refractivity contribution in [3.8, 4) is 0 Å². The highest BCUT2D eigenvalue weighted by Gasteiger charge is 2.27. The van der Waals surface area contributed by atoms with E-state index in [0.29, 0.717) is 16.3 Å². The first-order chi connectivity index (χ1) is 9.70. The minimum Gasteiger partial charge on any atom is -0.385 e. The summed E-state index contributed by atoms with van der Waals surface area (Å²) in [4.78, 5) is 14.2. The Kier molecular flexibility index (Phi) is 4.27. The Morgan fingerprint density at radius 2 is 2.19 bits per heavy atom. The van der Waals surface area contributed by atoms with E-state index in [1.807, 2.05) is 12.3 Å². The topological polar surface area (TPSA) is 128 Å². The molecule has 0 aliphatic rings. The molecule has 21 heavy (non-hydrogen) atoms. The van der Waals surface area contributed by atoms with Gasteiger partial charge in [-0.25, -0.2) is 18.1 Å². The van der Waals surface area contributed by atoms with Crippen LogP contribution >= 0.6 is 22.7 Å². The van der Waals surface area contributed by atoms with Crippen LogP contribution in [-0.2, 0) is 10.0 Å². The van der Waals surface area contributed by atoms with Gasteiger partial charge >= 0.3 is 5.69 Å². The molecule has 1 atom stereocenters. The van der Waals surface area contributed by atoms with Crippen molar-refractivity contribution >= 4 is 43.4 Å². The Morgan fingerprint density at radius 3 is 2.67 bits per heavy atom. The van der Waals surface area contributed by atoms with Crippen LogP contribution in [0.1, 0.15) is 23.7 Å². The molecule has 0 fully saturated rings. The fourth-order valence-electron chi connectivity index (χ4n) is 1.56. The number of nitro groups is 1. The Bertz CT molecular complexity index is 780. The van der Waals surface area contributed by atoms with Crippen molar-refractivity contribution in [2.45, 2.75) is 24.1 Å². The predicted molar refractivity (Wildman–Crippen MR) is 81.0 cm³/mol. The first-order valence-electron chi connectivity index (χ1n) is 5.69. The average Bonchev–Trinajstić information content (AvgIpc) is 2.95. The third-order valence-electron chi connectivity index (χ3n) is 2.52. The van der Waals surface area contributed by atoms with Crippen molar-refractivity contribution in [2.24, 2.45) is 0 Å². The van der Waals surface area contributed by atoms with Crippen LogP contribution in [0.15, 0.2) is 15.7 Å². The number of aryl methyl sites for hydroxylation is 1. The van der Waals surface area contributed by atoms with Crippen LogP contribution in [-0.4, -0.2) is 18.3 Å². The highest BCUT2D eigenvalue weighted by molar-refractivity contribution is 7.91. The smallest absolute Gasteiger partial charge is 0.304 e. The number of rotatable bonds is 5. The van der Waals surface area contributed by atoms with Crippen molar-refractivity contribution < 1.29 is 13.3 Å². The second-order valence-electron chi connectivity index (χ2n) is 4.24. The molecular formula is C10H12N4O4S3. The van der Waals surface area contributed by atoms with Gasteiger partial charge in [0.15, 0.2) is 5.00 Å². The zero-order valence-electron chi connectivity index (χ0n) is 11.1. The fourth-order valence-corrected chi connectivity index (χ4v) is 4.88. The van der Waals surface area contributed by atoms with Gasteiger partial charge in [0, 0.05) is 17.1 Å². The number of nitrogens with two attached hydrogens (primary N) is 1. The summed E-state index contributed by atoms with van der Waals surface area (Å²) in [6.07, 6.45) is 0. The Balaban J connectivity index is 2.26. The minimum absolute atomic E-state index is 0.141. The van der Waals surface area contributed by atoms with Crippen LogP contribution in [0.4, 0.5) is 10.7 Å². The summed E-state index contributed by atoms with van der Waals surface area (Å²) >= 11 is 2.00. The number of nitrogen functional groups attached to an aromatic ring is 1. The second kappa shape index (κ2) is 5.67. The van der Waals surface area contributed by atoms with E-state index in [9.17, 15) is 18.5 Å². The normalized spacial score (nSPS) is 13.2. The van der Waals surface area contributed by atoms with Crippen molar-refractivity contribution in [3.05, 3.63) is 32.3 Å². The number of nitrogens with zero attached hydrogens (tertiary/aromatic N) is 2. The lowest BCUT2D eigenvalue weighted by atomic mass is 10.4. The number of aromatic nitrogens is 1. The van der Waals surface area contributed by atoms with Crippen molar-refractivity contribution in [1.29, 1.82) is 0 Å². The molecule has 0 saturated carbocycles. The first-order valence-corrected chi connectivity index (χ1v) is 8.86. The van der Waals surface area contributed by atoms with Gasteiger partial charge < -0.3 is 5.73 Å². The highest BCUT2D eigenvalue weighted by Crippen LogP contribution is 2.34. The molecule has 0 aromatic carbocycles. The van der Waals surface area contributed by atoms with Crippen molar-refractivity contribution in [2.75, 3.05) is 5.73 Å². The van der Waals surface area contributed by atoms with Gasteiger partial charge in [0.25, 0.3) is 10.0 Å². The summed E-state index contributed by atoms with van der Waals surface area (Å²) in [5.41, 5.74) is 5.86. The summed E-state index contributed by atoms with van der Waals surface area (Å²) in [7, 11) is -3.88. The summed E-state index contributed by atoms with van der Waals surface area (Å²) in [6, 6.07) is 0.429. The lowest BCUT2D eigenvalue weighted by Gasteiger charge is -2.10. The highest BCUT2D eigenvalue weighted by atomic mass is 32.2. The van der Waals surface area contributed by atoms with Gasteiger partial charge in [0.05, 0.1) is 11.0 Å². The third-order valence-corrected chi connectivity index (χ3v) is 6.63. The van der Waals surface area contributed by atoms with E-state index < -0.39 is 26.7 Å². The Morgan fingerprint density at radius 1 is 1.52 bits per heavy atom. The molecule has 0 saturated heterocycles. The molecular weight excluding hydrogens is 336 g/mol. The predicted octanol–water partition coefficient (Wildman–Crippen LogP) is 2.04. The molecule has 2 rings (SSSR count). The average molecular weight is 348 g/mol. The van der Waals surface area contributed by atoms with E-state index in [0.717, 1.165) is 11.8 Å². The van der Waals surface area contributed by atoms with Gasteiger partial charge in [-0.05, 0) is 13.8 Å². The standard InChI is InChI=1S/C10H12N4O4S3/c1-5-4-19-10(12-5)6(2)13-21(17,18)8-3-7(14(15)16)9(11)20-8/h3-4,6,13H,11H2,1-2H3. The number of sulfonamides is 1. The summed E-state index contributed by atoms with van der Waals surface area (Å²) in [5.74, 6) is 0. The lowest BCUT2D eigenvalue weighted by molar-refractivity contribution is -0.383. The molecule has 0 spiro atoms. The van der Waals surface area contributed by atoms with Crippen LogP contribution in [0.2, 0.25) is 0 Å². The van der Waals surface area contributed by atoms with Crippen LogP contribution < -0.4 is 10.5 Å². The van der Waals surface area contributed by atoms with Gasteiger partial charge in [-0.15, -0.1) is 11.3 Å². The van der Waals surface area contributed by atoms with E-state index in [2.05, 4.69) is 9.71 Å². The quantitative estimate of drug-likeness (QED) is 0.628. The molecule has 11 heteroatoms. The molecule has 2 aromatic rings. The van der Waals surface area contributed by atoms with Crippen LogP contribution in [0.3, 0.4) is 0 Å². The van der Waals surface area contributed by atoms with Gasteiger partial charge in [-0.2, -0.15) is 0 Å². The molecule has 2 aromatic heterocycles. The second-order valence-corrected chi connectivity index (χ2v) is 8.16. The number of anilines is 1. The zero-order valence-corrected chi connectivity index (χ0v) is 13.5. The minimum atomic E-state index is -3.88. The van der Waals surface area contributed by atoms with Crippen LogP contribution in [0.5, 0.6) is 0 Å². The maximum Gasteiger partial charge on any atom is 0.304 e. The largest absolute Gasteiger partial charge is 0.385 e. The van der Waals surface area contributed by atoms with Gasteiger partial charge in [-0.1, -0.05) is 11.3 Å². The van der Waals surface area contributed by atoms with Gasteiger partial charge in [-0.3, -0.25) is 10.1 Å². The number of nitrogens with one attached hydrogen (secondary N) is 1.